The van der Waals surface area contributed by atoms with E-state index in [1.807, 2.05) is 0 Å². The van der Waals surface area contributed by atoms with E-state index in [1.54, 1.807) is 0 Å². The molecule has 2 N–H and O–H groups in total. The van der Waals surface area contributed by atoms with E-state index in [9.17, 15) is 0 Å². The minimum Gasteiger partial charge on any atom is -0.493 e. The number of ether oxygens (including phenoxy) is 1. The van der Waals surface area contributed by atoms with Crippen LogP contribution in [0.25, 0.3) is 0 Å². The van der Waals surface area contributed by atoms with Gasteiger partial charge >= 0.3 is 0 Å². The number of benzene rings is 1. The molecule has 3 atom stereocenters. The molecule has 1 saturated carbocycles. The molecule has 2 aliphatic rings. The van der Waals surface area contributed by atoms with E-state index in [0.29, 0.717) is 23.3 Å². The second-order valence-corrected chi connectivity index (χ2v) is 5.46. The van der Waals surface area contributed by atoms with Crippen molar-refractivity contribution in [1.29, 1.82) is 0 Å². The molecule has 1 fully saturated rings. The highest BCUT2D eigenvalue weighted by atomic mass is 16.5. The van der Waals surface area contributed by atoms with Crippen molar-refractivity contribution in [2.24, 2.45) is 17.1 Å². The molecule has 17 heavy (non-hydrogen) atoms. The Morgan fingerprint density at radius 1 is 1.29 bits per heavy atom. The van der Waals surface area contributed by atoms with E-state index < -0.39 is 0 Å². The summed E-state index contributed by atoms with van der Waals surface area (Å²) < 4.78 is 5.83. The molecule has 0 bridgehead atoms. The number of para-hydroxylation sites is 1. The van der Waals surface area contributed by atoms with E-state index in [0.717, 1.165) is 12.4 Å². The summed E-state index contributed by atoms with van der Waals surface area (Å²) in [5, 5.41) is 0. The zero-order valence-electron chi connectivity index (χ0n) is 10.6. The van der Waals surface area contributed by atoms with E-state index in [1.165, 1.54) is 18.4 Å². The summed E-state index contributed by atoms with van der Waals surface area (Å²) in [5.41, 5.74) is 8.09. The van der Waals surface area contributed by atoms with Crippen LogP contribution in [0, 0.1) is 11.3 Å². The molecule has 2 nitrogen and oxygen atoms in total. The van der Waals surface area contributed by atoms with Gasteiger partial charge in [-0.3, -0.25) is 0 Å². The third-order valence-electron chi connectivity index (χ3n) is 5.17. The highest BCUT2D eigenvalue weighted by Gasteiger charge is 2.60. The van der Waals surface area contributed by atoms with E-state index >= 15 is 0 Å². The normalized spacial score (nSPS) is 33.0. The van der Waals surface area contributed by atoms with Crippen molar-refractivity contribution in [1.82, 2.24) is 0 Å². The quantitative estimate of drug-likeness (QED) is 0.849. The Labute approximate surface area is 103 Å². The molecule has 0 saturated heterocycles. The Morgan fingerprint density at radius 3 is 2.71 bits per heavy atom. The second kappa shape index (κ2) is 3.74. The van der Waals surface area contributed by atoms with Gasteiger partial charge in [-0.05, 0) is 29.9 Å². The summed E-state index contributed by atoms with van der Waals surface area (Å²) in [6.07, 6.45) is 2.33. The van der Waals surface area contributed by atoms with E-state index in [4.69, 9.17) is 10.5 Å². The van der Waals surface area contributed by atoms with Crippen molar-refractivity contribution in [2.45, 2.75) is 38.6 Å². The van der Waals surface area contributed by atoms with Crippen LogP contribution in [0.3, 0.4) is 0 Å². The van der Waals surface area contributed by atoms with Crippen LogP contribution >= 0.6 is 0 Å². The predicted octanol–water partition coefficient (Wildman–Crippen LogP) is 2.93. The summed E-state index contributed by atoms with van der Waals surface area (Å²) in [7, 11) is 0. The van der Waals surface area contributed by atoms with Crippen LogP contribution in [0.2, 0.25) is 0 Å². The van der Waals surface area contributed by atoms with Crippen LogP contribution in [-0.2, 0) is 0 Å². The van der Waals surface area contributed by atoms with Gasteiger partial charge < -0.3 is 10.5 Å². The maximum atomic E-state index is 6.41. The van der Waals surface area contributed by atoms with Crippen molar-refractivity contribution in [3.8, 4) is 5.75 Å². The van der Waals surface area contributed by atoms with Crippen LogP contribution in [0.5, 0.6) is 5.75 Å². The van der Waals surface area contributed by atoms with Crippen LogP contribution in [0.1, 0.15) is 38.2 Å². The Balaban J connectivity index is 2.05. The van der Waals surface area contributed by atoms with Crippen LogP contribution in [0.15, 0.2) is 24.3 Å². The van der Waals surface area contributed by atoms with Crippen molar-refractivity contribution in [3.05, 3.63) is 29.8 Å². The van der Waals surface area contributed by atoms with Gasteiger partial charge in [0.15, 0.2) is 0 Å². The molecule has 92 valence electrons. The topological polar surface area (TPSA) is 35.2 Å². The van der Waals surface area contributed by atoms with Gasteiger partial charge in [0.05, 0.1) is 6.61 Å². The summed E-state index contributed by atoms with van der Waals surface area (Å²) >= 11 is 0. The molecule has 3 unspecified atom stereocenters. The Bertz CT molecular complexity index is 425. The van der Waals surface area contributed by atoms with Crippen molar-refractivity contribution in [3.63, 3.8) is 0 Å². The number of hydrogen-bond acceptors (Lipinski definition) is 2. The molecule has 0 aromatic heterocycles. The third kappa shape index (κ3) is 1.25. The first-order valence-corrected chi connectivity index (χ1v) is 6.72. The van der Waals surface area contributed by atoms with Gasteiger partial charge in [-0.25, -0.2) is 0 Å². The van der Waals surface area contributed by atoms with Crippen LogP contribution < -0.4 is 10.5 Å². The minimum absolute atomic E-state index is 0.296. The molecule has 1 heterocycles. The van der Waals surface area contributed by atoms with Gasteiger partial charge in [-0.1, -0.05) is 32.0 Å². The summed E-state index contributed by atoms with van der Waals surface area (Å²) in [6, 6.07) is 8.78. The Morgan fingerprint density at radius 2 is 2.00 bits per heavy atom. The first kappa shape index (κ1) is 11.1. The summed E-state index contributed by atoms with van der Waals surface area (Å²) in [5.74, 6) is 2.20. The third-order valence-corrected chi connectivity index (χ3v) is 5.17. The maximum absolute atomic E-state index is 6.41. The highest BCUT2D eigenvalue weighted by molar-refractivity contribution is 5.43. The Hall–Kier alpha value is -1.02. The zero-order chi connectivity index (χ0) is 12.0. The fourth-order valence-electron chi connectivity index (χ4n) is 4.11. The number of nitrogens with two attached hydrogens (primary N) is 1. The average Bonchev–Trinajstić information content (AvgIpc) is 2.39. The smallest absolute Gasteiger partial charge is 0.122 e. The molecular weight excluding hydrogens is 210 g/mol. The highest BCUT2D eigenvalue weighted by Crippen LogP contribution is 2.62. The van der Waals surface area contributed by atoms with E-state index in [2.05, 4.69) is 38.1 Å². The predicted molar refractivity (Wildman–Crippen MR) is 69.2 cm³/mol. The molecule has 2 heteroatoms. The molecule has 0 radical (unpaired) electrons. The number of rotatable bonds is 2. The largest absolute Gasteiger partial charge is 0.493 e. The molecule has 1 aromatic carbocycles. The first-order valence-electron chi connectivity index (χ1n) is 6.72. The standard InChI is InChI=1S/C15H21NO/c1-3-15(4-2)13-10-7-5-6-8-12(10)17-9-11(13)14(15)16/h5-8,11,13-14H,3-4,9,16H2,1-2H3. The molecule has 3 rings (SSSR count). The molecule has 1 aliphatic carbocycles. The maximum Gasteiger partial charge on any atom is 0.122 e. The molecular formula is C15H21NO. The SMILES string of the molecule is CCC1(CC)C(N)C2COc3ccccc3C21. The zero-order valence-corrected chi connectivity index (χ0v) is 10.6. The lowest BCUT2D eigenvalue weighted by Crippen LogP contribution is -2.65. The first-order chi connectivity index (χ1) is 8.24. The van der Waals surface area contributed by atoms with Crippen LogP contribution in [-0.4, -0.2) is 12.6 Å². The average molecular weight is 231 g/mol. The monoisotopic (exact) mass is 231 g/mol. The fourth-order valence-corrected chi connectivity index (χ4v) is 4.11. The lowest BCUT2D eigenvalue weighted by Gasteiger charge is -2.62. The molecule has 0 amide bonds. The van der Waals surface area contributed by atoms with Crippen molar-refractivity contribution in [2.75, 3.05) is 6.61 Å². The van der Waals surface area contributed by atoms with Gasteiger partial charge in [0.2, 0.25) is 0 Å². The summed E-state index contributed by atoms with van der Waals surface area (Å²) in [4.78, 5) is 0. The van der Waals surface area contributed by atoms with Crippen molar-refractivity contribution < 1.29 is 4.74 Å². The fraction of sp³-hybridized carbons (Fsp3) is 0.600. The molecule has 0 spiro atoms. The lowest BCUT2D eigenvalue weighted by molar-refractivity contribution is -0.0624. The molecule has 1 aromatic rings. The van der Waals surface area contributed by atoms with Gasteiger partial charge in [-0.15, -0.1) is 0 Å². The van der Waals surface area contributed by atoms with Gasteiger partial charge in [0, 0.05) is 17.9 Å². The lowest BCUT2D eigenvalue weighted by atomic mass is 9.46. The van der Waals surface area contributed by atoms with Gasteiger partial charge in [0.1, 0.15) is 5.75 Å². The van der Waals surface area contributed by atoms with Crippen molar-refractivity contribution >= 4 is 0 Å². The van der Waals surface area contributed by atoms with Gasteiger partial charge in [0.25, 0.3) is 0 Å². The number of hydrogen-bond donors (Lipinski definition) is 1. The Kier molecular flexibility index (Phi) is 2.44. The van der Waals surface area contributed by atoms with E-state index in [-0.39, 0.29) is 0 Å². The number of fused-ring (bicyclic) bond motifs is 3. The summed E-state index contributed by atoms with van der Waals surface area (Å²) in [6.45, 7) is 5.35. The molecule has 1 aliphatic heterocycles. The van der Waals surface area contributed by atoms with Crippen LogP contribution in [0.4, 0.5) is 0 Å². The van der Waals surface area contributed by atoms with Gasteiger partial charge in [-0.2, -0.15) is 0 Å². The minimum atomic E-state index is 0.296. The second-order valence-electron chi connectivity index (χ2n) is 5.46.